The lowest BCUT2D eigenvalue weighted by Crippen LogP contribution is -2.10. The first-order chi connectivity index (χ1) is 4.93. The van der Waals surface area contributed by atoms with Gasteiger partial charge >= 0.3 is 0 Å². The molecular weight excluding hydrogens is 162 g/mol. The molecule has 0 aromatic carbocycles. The molecule has 0 unspecified atom stereocenters. The van der Waals surface area contributed by atoms with Crippen molar-refractivity contribution in [2.75, 3.05) is 0 Å². The Balaban J connectivity index is 3.15. The maximum atomic E-state index is 5.94. The van der Waals surface area contributed by atoms with E-state index in [4.69, 9.17) is 16.1 Å². The van der Waals surface area contributed by atoms with Crippen LogP contribution in [-0.4, -0.2) is 5.16 Å². The predicted octanol–water partition coefficient (Wildman–Crippen LogP) is 2.93. The van der Waals surface area contributed by atoms with E-state index >= 15 is 0 Å². The Morgan fingerprint density at radius 2 is 1.91 bits per heavy atom. The maximum absolute atomic E-state index is 5.94. The molecule has 62 valence electrons. The molecule has 1 aromatic rings. The summed E-state index contributed by atoms with van der Waals surface area (Å²) in [5, 5.41) is 4.43. The van der Waals surface area contributed by atoms with Crippen LogP contribution in [0.3, 0.4) is 0 Å². The number of hydrogen-bond acceptors (Lipinski definition) is 2. The average Bonchev–Trinajstić information content (AvgIpc) is 2.11. The number of aromatic nitrogens is 1. The van der Waals surface area contributed by atoms with Crippen LogP contribution in [0.1, 0.15) is 32.2 Å². The highest BCUT2D eigenvalue weighted by molar-refractivity contribution is 6.31. The Labute approximate surface area is 71.5 Å². The number of nitrogens with zero attached hydrogens (tertiary/aromatic N) is 1. The topological polar surface area (TPSA) is 26.0 Å². The van der Waals surface area contributed by atoms with Gasteiger partial charge in [0.25, 0.3) is 0 Å². The lowest BCUT2D eigenvalue weighted by atomic mass is 9.93. The molecule has 0 aliphatic rings. The zero-order valence-corrected chi connectivity index (χ0v) is 7.99. The zero-order valence-electron chi connectivity index (χ0n) is 7.23. The van der Waals surface area contributed by atoms with Gasteiger partial charge in [0.15, 0.2) is 5.76 Å². The SMILES string of the molecule is Cc1noc(C(C)(C)C)c1Cl. The normalized spacial score (nSPS) is 12.1. The van der Waals surface area contributed by atoms with Crippen molar-refractivity contribution in [3.8, 4) is 0 Å². The van der Waals surface area contributed by atoms with Crippen molar-refractivity contribution < 1.29 is 4.52 Å². The van der Waals surface area contributed by atoms with Gasteiger partial charge in [-0.05, 0) is 6.92 Å². The predicted molar refractivity (Wildman–Crippen MR) is 45.0 cm³/mol. The minimum absolute atomic E-state index is 0.0572. The molecule has 1 rings (SSSR count). The quantitative estimate of drug-likeness (QED) is 0.603. The Morgan fingerprint density at radius 3 is 2.09 bits per heavy atom. The van der Waals surface area contributed by atoms with Crippen LogP contribution in [0.2, 0.25) is 5.02 Å². The van der Waals surface area contributed by atoms with Crippen LogP contribution >= 0.6 is 11.6 Å². The molecular formula is C8H12ClNO. The molecule has 0 fully saturated rings. The van der Waals surface area contributed by atoms with Crippen molar-refractivity contribution in [1.82, 2.24) is 5.16 Å². The first-order valence-corrected chi connectivity index (χ1v) is 3.93. The van der Waals surface area contributed by atoms with E-state index in [0.717, 1.165) is 11.5 Å². The lowest BCUT2D eigenvalue weighted by molar-refractivity contribution is 0.327. The van der Waals surface area contributed by atoms with Gasteiger partial charge in [-0.1, -0.05) is 37.5 Å². The molecule has 0 bridgehead atoms. The third-order valence-electron chi connectivity index (χ3n) is 1.47. The summed E-state index contributed by atoms with van der Waals surface area (Å²) in [5.41, 5.74) is 0.704. The Morgan fingerprint density at radius 1 is 1.36 bits per heavy atom. The second kappa shape index (κ2) is 2.52. The second-order valence-corrected chi connectivity index (χ2v) is 4.04. The van der Waals surface area contributed by atoms with Gasteiger partial charge in [0.05, 0.1) is 5.69 Å². The minimum atomic E-state index is -0.0572. The summed E-state index contributed by atoms with van der Waals surface area (Å²) in [7, 11) is 0. The van der Waals surface area contributed by atoms with E-state index in [9.17, 15) is 0 Å². The maximum Gasteiger partial charge on any atom is 0.160 e. The summed E-state index contributed by atoms with van der Waals surface area (Å²) >= 11 is 5.94. The fraction of sp³-hybridized carbons (Fsp3) is 0.625. The summed E-state index contributed by atoms with van der Waals surface area (Å²) in [4.78, 5) is 0. The Bertz CT molecular complexity index is 260. The third-order valence-corrected chi connectivity index (χ3v) is 1.92. The zero-order chi connectivity index (χ0) is 8.65. The van der Waals surface area contributed by atoms with Crippen LogP contribution in [0.25, 0.3) is 0 Å². The Kier molecular flexibility index (Phi) is 1.97. The van der Waals surface area contributed by atoms with Crippen LogP contribution in [0.15, 0.2) is 4.52 Å². The smallest absolute Gasteiger partial charge is 0.160 e. The molecule has 0 amide bonds. The third kappa shape index (κ3) is 1.56. The van der Waals surface area contributed by atoms with E-state index in [-0.39, 0.29) is 5.41 Å². The molecule has 0 radical (unpaired) electrons. The molecule has 0 saturated heterocycles. The molecule has 1 heterocycles. The summed E-state index contributed by atoms with van der Waals surface area (Å²) in [6.45, 7) is 7.96. The molecule has 11 heavy (non-hydrogen) atoms. The summed E-state index contributed by atoms with van der Waals surface area (Å²) in [5.74, 6) is 0.761. The van der Waals surface area contributed by atoms with Crippen molar-refractivity contribution in [3.05, 3.63) is 16.5 Å². The highest BCUT2D eigenvalue weighted by atomic mass is 35.5. The number of aryl methyl sites for hydroxylation is 1. The molecule has 3 heteroatoms. The van der Waals surface area contributed by atoms with E-state index in [1.54, 1.807) is 0 Å². The van der Waals surface area contributed by atoms with E-state index in [2.05, 4.69) is 5.16 Å². The fourth-order valence-electron chi connectivity index (χ4n) is 0.825. The van der Waals surface area contributed by atoms with Gasteiger partial charge in [0.1, 0.15) is 5.02 Å². The van der Waals surface area contributed by atoms with E-state index in [1.165, 1.54) is 0 Å². The minimum Gasteiger partial charge on any atom is -0.359 e. The number of hydrogen-bond donors (Lipinski definition) is 0. The van der Waals surface area contributed by atoms with Crippen LogP contribution in [0.4, 0.5) is 0 Å². The van der Waals surface area contributed by atoms with Crippen LogP contribution in [0.5, 0.6) is 0 Å². The van der Waals surface area contributed by atoms with Crippen molar-refractivity contribution in [3.63, 3.8) is 0 Å². The highest BCUT2D eigenvalue weighted by Gasteiger charge is 2.23. The first-order valence-electron chi connectivity index (χ1n) is 3.55. The van der Waals surface area contributed by atoms with Gasteiger partial charge in [-0.2, -0.15) is 0 Å². The highest BCUT2D eigenvalue weighted by Crippen LogP contribution is 2.30. The van der Waals surface area contributed by atoms with Gasteiger partial charge in [0.2, 0.25) is 0 Å². The first kappa shape index (κ1) is 8.60. The van der Waals surface area contributed by atoms with Crippen molar-refractivity contribution in [1.29, 1.82) is 0 Å². The largest absolute Gasteiger partial charge is 0.359 e. The van der Waals surface area contributed by atoms with Crippen LogP contribution in [0, 0.1) is 6.92 Å². The Hall–Kier alpha value is -0.500. The summed E-state index contributed by atoms with van der Waals surface area (Å²) in [6.07, 6.45) is 0. The molecule has 2 nitrogen and oxygen atoms in total. The number of rotatable bonds is 0. The van der Waals surface area contributed by atoms with Gasteiger partial charge < -0.3 is 4.52 Å². The van der Waals surface area contributed by atoms with Gasteiger partial charge in [0, 0.05) is 5.41 Å². The monoisotopic (exact) mass is 173 g/mol. The molecule has 0 aliphatic heterocycles. The van der Waals surface area contributed by atoms with E-state index in [0.29, 0.717) is 5.02 Å². The molecule has 0 aliphatic carbocycles. The molecule has 1 aromatic heterocycles. The standard InChI is InChI=1S/C8H12ClNO/c1-5-6(9)7(11-10-5)8(2,3)4/h1-4H3. The summed E-state index contributed by atoms with van der Waals surface area (Å²) in [6, 6.07) is 0. The van der Waals surface area contributed by atoms with Crippen molar-refractivity contribution in [2.45, 2.75) is 33.1 Å². The van der Waals surface area contributed by atoms with E-state index < -0.39 is 0 Å². The molecule has 0 atom stereocenters. The molecule has 0 spiro atoms. The summed E-state index contributed by atoms with van der Waals surface area (Å²) < 4.78 is 5.08. The fourth-order valence-corrected chi connectivity index (χ4v) is 1.18. The van der Waals surface area contributed by atoms with Gasteiger partial charge in [-0.15, -0.1) is 0 Å². The van der Waals surface area contributed by atoms with Gasteiger partial charge in [-0.3, -0.25) is 0 Å². The molecule has 0 N–H and O–H groups in total. The van der Waals surface area contributed by atoms with Crippen molar-refractivity contribution >= 4 is 11.6 Å². The van der Waals surface area contributed by atoms with E-state index in [1.807, 2.05) is 27.7 Å². The average molecular weight is 174 g/mol. The van der Waals surface area contributed by atoms with Crippen molar-refractivity contribution in [2.24, 2.45) is 0 Å². The van der Waals surface area contributed by atoms with Crippen LogP contribution in [-0.2, 0) is 5.41 Å². The lowest BCUT2D eigenvalue weighted by Gasteiger charge is -2.13. The van der Waals surface area contributed by atoms with Gasteiger partial charge in [-0.25, -0.2) is 0 Å². The number of halogens is 1. The molecule has 0 saturated carbocycles. The second-order valence-electron chi connectivity index (χ2n) is 3.66. The van der Waals surface area contributed by atoms with Crippen LogP contribution < -0.4 is 0 Å².